The van der Waals surface area contributed by atoms with E-state index in [9.17, 15) is 27.5 Å². The Morgan fingerprint density at radius 1 is 0.969 bits per heavy atom. The van der Waals surface area contributed by atoms with Crippen molar-refractivity contribution in [2.24, 2.45) is 0 Å². The smallest absolute Gasteiger partial charge is 0.232 e. The van der Waals surface area contributed by atoms with Gasteiger partial charge < -0.3 is 5.11 Å². The molecule has 32 heavy (non-hydrogen) atoms. The summed E-state index contributed by atoms with van der Waals surface area (Å²) in [6.45, 7) is 6.68. The second kappa shape index (κ2) is 10.2. The normalized spacial score (nSPS) is 10.4. The Bertz CT molecular complexity index is 1110. The van der Waals surface area contributed by atoms with Crippen LogP contribution in [0.15, 0.2) is 30.5 Å². The van der Waals surface area contributed by atoms with E-state index in [0.29, 0.717) is 17.0 Å². The summed E-state index contributed by atoms with van der Waals surface area (Å²) in [5.74, 6) is -7.45. The van der Waals surface area contributed by atoms with E-state index in [-0.39, 0.29) is 11.6 Å². The van der Waals surface area contributed by atoms with Crippen molar-refractivity contribution in [2.45, 2.75) is 34.1 Å². The average Bonchev–Trinajstić information content (AvgIpc) is 2.80. The lowest BCUT2D eigenvalue weighted by atomic mass is 10.0. The molecule has 0 aliphatic heterocycles. The molecule has 1 N–H and O–H groups in total. The van der Waals surface area contributed by atoms with E-state index in [4.69, 9.17) is 0 Å². The van der Waals surface area contributed by atoms with E-state index in [1.54, 1.807) is 19.1 Å². The number of aryl methyl sites for hydroxylation is 1. The van der Waals surface area contributed by atoms with E-state index in [2.05, 4.69) is 9.97 Å². The number of amides is 1. The molecule has 0 unspecified atom stereocenters. The van der Waals surface area contributed by atoms with Gasteiger partial charge >= 0.3 is 0 Å². The second-order valence-electron chi connectivity index (χ2n) is 6.70. The van der Waals surface area contributed by atoms with Crippen LogP contribution in [-0.2, 0) is 11.2 Å². The third kappa shape index (κ3) is 4.87. The summed E-state index contributed by atoms with van der Waals surface area (Å²) in [4.78, 5) is 22.3. The Morgan fingerprint density at radius 3 is 2.09 bits per heavy atom. The molecule has 0 saturated carbocycles. The van der Waals surface area contributed by atoms with Crippen molar-refractivity contribution in [3.05, 3.63) is 70.6 Å². The molecule has 0 bridgehead atoms. The molecule has 0 spiro atoms. The van der Waals surface area contributed by atoms with Crippen molar-refractivity contribution in [1.29, 1.82) is 0 Å². The van der Waals surface area contributed by atoms with Crippen molar-refractivity contribution in [3.63, 3.8) is 0 Å². The Kier molecular flexibility index (Phi) is 7.91. The molecule has 3 aromatic rings. The van der Waals surface area contributed by atoms with Crippen LogP contribution in [0.4, 0.5) is 23.4 Å². The lowest BCUT2D eigenvalue weighted by Crippen LogP contribution is -2.30. The van der Waals surface area contributed by atoms with E-state index >= 15 is 0 Å². The lowest BCUT2D eigenvalue weighted by molar-refractivity contribution is -0.117. The van der Waals surface area contributed by atoms with Crippen LogP contribution in [0.2, 0.25) is 0 Å². The molecular formula is C23H23F4N3O2. The van der Waals surface area contributed by atoms with Gasteiger partial charge in [0.2, 0.25) is 5.91 Å². The third-order valence-corrected chi connectivity index (χ3v) is 4.73. The molecule has 0 aliphatic rings. The van der Waals surface area contributed by atoms with Gasteiger partial charge in [-0.05, 0) is 43.7 Å². The maximum Gasteiger partial charge on any atom is 0.232 e. The molecule has 0 atom stereocenters. The summed E-state index contributed by atoms with van der Waals surface area (Å²) in [5.41, 5.74) is 0.541. The number of phenols is 1. The summed E-state index contributed by atoms with van der Waals surface area (Å²) >= 11 is 0. The quantitative estimate of drug-likeness (QED) is 0.336. The molecule has 1 heterocycles. The standard InChI is InChI=1S/C21H17F4N3O2.C2H6/c1-10-14(18(23)20(25)19(24)17(10)22)8-16(30)28(3)21-11(2)27-15(9-26-21)12-4-6-13(29)7-5-12;1-2/h4-7,9,29H,8H2,1-3H3;1-2H3. The highest BCUT2D eigenvalue weighted by atomic mass is 19.2. The summed E-state index contributed by atoms with van der Waals surface area (Å²) in [6, 6.07) is 6.29. The lowest BCUT2D eigenvalue weighted by Gasteiger charge is -2.19. The molecule has 5 nitrogen and oxygen atoms in total. The van der Waals surface area contributed by atoms with Gasteiger partial charge in [0.15, 0.2) is 29.1 Å². The molecule has 1 amide bonds. The maximum atomic E-state index is 14.1. The van der Waals surface area contributed by atoms with Crippen LogP contribution >= 0.6 is 0 Å². The van der Waals surface area contributed by atoms with Crippen molar-refractivity contribution < 1.29 is 27.5 Å². The number of carbonyl (C=O) groups excluding carboxylic acids is 1. The SMILES string of the molecule is CC.Cc1nc(-c2ccc(O)cc2)cnc1N(C)C(=O)Cc1c(C)c(F)c(F)c(F)c1F. The van der Waals surface area contributed by atoms with Gasteiger partial charge in [-0.2, -0.15) is 0 Å². The number of likely N-dealkylation sites (N-methyl/N-ethyl adjacent to an activating group) is 1. The number of halogens is 4. The van der Waals surface area contributed by atoms with Gasteiger partial charge in [-0.3, -0.25) is 9.69 Å². The van der Waals surface area contributed by atoms with Crippen molar-refractivity contribution in [3.8, 4) is 17.0 Å². The van der Waals surface area contributed by atoms with Gasteiger partial charge in [-0.25, -0.2) is 27.5 Å². The molecule has 3 rings (SSSR count). The van der Waals surface area contributed by atoms with E-state index in [1.165, 1.54) is 25.4 Å². The fourth-order valence-corrected chi connectivity index (χ4v) is 2.96. The summed E-state index contributed by atoms with van der Waals surface area (Å²) in [7, 11) is 1.36. The largest absolute Gasteiger partial charge is 0.508 e. The number of carbonyl (C=O) groups is 1. The number of benzene rings is 2. The predicted molar refractivity (Wildman–Crippen MR) is 113 cm³/mol. The van der Waals surface area contributed by atoms with Gasteiger partial charge in [0.1, 0.15) is 5.75 Å². The van der Waals surface area contributed by atoms with Gasteiger partial charge in [-0.15, -0.1) is 0 Å². The summed E-state index contributed by atoms with van der Waals surface area (Å²) in [6.07, 6.45) is 0.727. The molecule has 0 aliphatic carbocycles. The van der Waals surface area contributed by atoms with Crippen molar-refractivity contribution in [2.75, 3.05) is 11.9 Å². The monoisotopic (exact) mass is 449 g/mol. The topological polar surface area (TPSA) is 66.3 Å². The molecular weight excluding hydrogens is 426 g/mol. The Hall–Kier alpha value is -3.49. The van der Waals surface area contributed by atoms with Crippen LogP contribution in [0.3, 0.4) is 0 Å². The fraction of sp³-hybridized carbons (Fsp3) is 0.261. The number of anilines is 1. The van der Waals surface area contributed by atoms with E-state index in [0.717, 1.165) is 11.8 Å². The van der Waals surface area contributed by atoms with Crippen molar-refractivity contribution in [1.82, 2.24) is 9.97 Å². The van der Waals surface area contributed by atoms with Crippen LogP contribution in [0, 0.1) is 37.1 Å². The zero-order valence-electron chi connectivity index (χ0n) is 18.3. The predicted octanol–water partition coefficient (Wildman–Crippen LogP) is 5.25. The zero-order chi connectivity index (χ0) is 24.2. The minimum Gasteiger partial charge on any atom is -0.508 e. The first kappa shape index (κ1) is 24.8. The molecule has 0 fully saturated rings. The van der Waals surface area contributed by atoms with Gasteiger partial charge in [0.05, 0.1) is 24.0 Å². The molecule has 0 radical (unpaired) electrons. The number of aromatic hydroxyl groups is 1. The Morgan fingerprint density at radius 2 is 1.53 bits per heavy atom. The van der Waals surface area contributed by atoms with Crippen LogP contribution < -0.4 is 4.90 Å². The van der Waals surface area contributed by atoms with Crippen LogP contribution in [0.25, 0.3) is 11.3 Å². The average molecular weight is 449 g/mol. The molecule has 1 aromatic heterocycles. The van der Waals surface area contributed by atoms with E-state index < -0.39 is 46.7 Å². The van der Waals surface area contributed by atoms with Crippen LogP contribution in [0.5, 0.6) is 5.75 Å². The number of hydrogen-bond donors (Lipinski definition) is 1. The molecule has 170 valence electrons. The first-order chi connectivity index (χ1) is 15.1. The Labute approximate surface area is 183 Å². The maximum absolute atomic E-state index is 14.1. The minimum absolute atomic E-state index is 0.0987. The third-order valence-electron chi connectivity index (χ3n) is 4.73. The second-order valence-corrected chi connectivity index (χ2v) is 6.70. The van der Waals surface area contributed by atoms with Gasteiger partial charge in [-0.1, -0.05) is 13.8 Å². The molecule has 0 saturated heterocycles. The molecule has 2 aromatic carbocycles. The highest BCUT2D eigenvalue weighted by Crippen LogP contribution is 2.26. The van der Waals surface area contributed by atoms with Crippen molar-refractivity contribution >= 4 is 11.7 Å². The zero-order valence-corrected chi connectivity index (χ0v) is 18.3. The highest BCUT2D eigenvalue weighted by molar-refractivity contribution is 5.94. The number of phenolic OH excluding ortho intramolecular Hbond substituents is 1. The fourth-order valence-electron chi connectivity index (χ4n) is 2.96. The van der Waals surface area contributed by atoms with Gasteiger partial charge in [0, 0.05) is 18.2 Å². The highest BCUT2D eigenvalue weighted by Gasteiger charge is 2.26. The number of aromatic nitrogens is 2. The minimum atomic E-state index is -1.96. The van der Waals surface area contributed by atoms with E-state index in [1.807, 2.05) is 13.8 Å². The van der Waals surface area contributed by atoms with Gasteiger partial charge in [0.25, 0.3) is 0 Å². The number of rotatable bonds is 4. The number of nitrogens with zero attached hydrogens (tertiary/aromatic N) is 3. The molecule has 9 heteroatoms. The summed E-state index contributed by atoms with van der Waals surface area (Å²) in [5, 5.41) is 9.37. The van der Waals surface area contributed by atoms with Crippen LogP contribution in [0.1, 0.15) is 30.7 Å². The first-order valence-corrected chi connectivity index (χ1v) is 9.82. The number of hydrogen-bond acceptors (Lipinski definition) is 4. The summed E-state index contributed by atoms with van der Waals surface area (Å²) < 4.78 is 54.7. The Balaban J connectivity index is 0.00000176. The van der Waals surface area contributed by atoms with Crippen LogP contribution in [-0.4, -0.2) is 28.0 Å². The first-order valence-electron chi connectivity index (χ1n) is 9.82.